The number of halogens is 1. The molecule has 0 aliphatic carbocycles. The Hall–Kier alpha value is -2.21. The van der Waals surface area contributed by atoms with Crippen LogP contribution in [0.15, 0.2) is 30.5 Å². The van der Waals surface area contributed by atoms with Gasteiger partial charge in [0.2, 0.25) is 0 Å². The molecule has 1 saturated heterocycles. The predicted molar refractivity (Wildman–Crippen MR) is 85.4 cm³/mol. The van der Waals surface area contributed by atoms with Crippen LogP contribution in [0.1, 0.15) is 40.5 Å². The van der Waals surface area contributed by atoms with Crippen molar-refractivity contribution in [3.05, 3.63) is 53.1 Å². The van der Waals surface area contributed by atoms with Crippen molar-refractivity contribution in [2.24, 2.45) is 0 Å². The Bertz CT molecular complexity index is 697. The smallest absolute Gasteiger partial charge is 0.256 e. The molecule has 122 valence electrons. The highest BCUT2D eigenvalue weighted by atomic mass is 19.1. The number of likely N-dealkylation sites (tertiary alicyclic amines) is 1. The number of aromatic nitrogens is 2. The van der Waals surface area contributed by atoms with Gasteiger partial charge in [-0.2, -0.15) is 5.10 Å². The van der Waals surface area contributed by atoms with Gasteiger partial charge in [-0.15, -0.1) is 0 Å². The largest absolute Gasteiger partial charge is 0.345 e. The first kappa shape index (κ1) is 15.7. The van der Waals surface area contributed by atoms with Crippen LogP contribution in [0, 0.1) is 5.82 Å². The van der Waals surface area contributed by atoms with E-state index >= 15 is 0 Å². The average molecular weight is 316 g/mol. The van der Waals surface area contributed by atoms with Crippen molar-refractivity contribution < 1.29 is 9.18 Å². The number of carbonyl (C=O) groups is 1. The van der Waals surface area contributed by atoms with Crippen LogP contribution in [0.5, 0.6) is 0 Å². The highest BCUT2D eigenvalue weighted by molar-refractivity contribution is 5.94. The minimum absolute atomic E-state index is 0.0497. The maximum absolute atomic E-state index is 13.4. The second kappa shape index (κ2) is 6.50. The summed E-state index contributed by atoms with van der Waals surface area (Å²) in [6.45, 7) is 1.59. The zero-order valence-corrected chi connectivity index (χ0v) is 13.4. The third kappa shape index (κ3) is 3.27. The van der Waals surface area contributed by atoms with Gasteiger partial charge in [0, 0.05) is 20.6 Å². The molecule has 6 heteroatoms. The number of nitrogens with zero attached hydrogens (tertiary/aromatic N) is 3. The number of rotatable bonds is 4. The number of nitrogens with one attached hydrogen (secondary N) is 1. The van der Waals surface area contributed by atoms with E-state index in [1.165, 1.54) is 6.07 Å². The zero-order valence-electron chi connectivity index (χ0n) is 13.4. The molecule has 2 aromatic rings. The third-order valence-corrected chi connectivity index (χ3v) is 4.28. The van der Waals surface area contributed by atoms with Crippen molar-refractivity contribution in [3.63, 3.8) is 0 Å². The van der Waals surface area contributed by atoms with Crippen LogP contribution in [0.2, 0.25) is 0 Å². The summed E-state index contributed by atoms with van der Waals surface area (Å²) in [4.78, 5) is 16.1. The lowest BCUT2D eigenvalue weighted by Crippen LogP contribution is -2.27. The van der Waals surface area contributed by atoms with Crippen LogP contribution < -0.4 is 0 Å². The van der Waals surface area contributed by atoms with E-state index in [1.807, 2.05) is 6.07 Å². The first-order chi connectivity index (χ1) is 11.1. The third-order valence-electron chi connectivity index (χ3n) is 4.28. The zero-order chi connectivity index (χ0) is 16.4. The highest BCUT2D eigenvalue weighted by Gasteiger charge is 2.31. The summed E-state index contributed by atoms with van der Waals surface area (Å²) in [5, 5.41) is 7.06. The molecular weight excluding hydrogens is 295 g/mol. The standard InChI is InChI=1S/C17H21FN4O/c1-21(2)17(23)14-10-19-20-16(14)15-7-4-8-22(15)11-12-5-3-6-13(18)9-12/h3,5-6,9-10,15H,4,7-8,11H2,1-2H3,(H,19,20). The Morgan fingerprint density at radius 1 is 1.48 bits per heavy atom. The van der Waals surface area contributed by atoms with Crippen LogP contribution >= 0.6 is 0 Å². The normalized spacial score (nSPS) is 18.3. The molecular formula is C17H21FN4O. The number of hydrogen-bond acceptors (Lipinski definition) is 3. The number of hydrogen-bond donors (Lipinski definition) is 1. The Labute approximate surface area is 135 Å². The first-order valence-corrected chi connectivity index (χ1v) is 7.79. The van der Waals surface area contributed by atoms with E-state index in [0.29, 0.717) is 12.1 Å². The number of carbonyl (C=O) groups excluding carboxylic acids is 1. The van der Waals surface area contributed by atoms with E-state index in [-0.39, 0.29) is 17.8 Å². The topological polar surface area (TPSA) is 52.2 Å². The molecule has 1 aromatic carbocycles. The number of H-pyrrole nitrogens is 1. The molecule has 1 atom stereocenters. The lowest BCUT2D eigenvalue weighted by atomic mass is 10.1. The average Bonchev–Trinajstić information content (AvgIpc) is 3.14. The fourth-order valence-electron chi connectivity index (χ4n) is 3.17. The Balaban J connectivity index is 1.82. The van der Waals surface area contributed by atoms with E-state index in [2.05, 4.69) is 15.1 Å². The molecule has 5 nitrogen and oxygen atoms in total. The molecule has 0 saturated carbocycles. The molecule has 23 heavy (non-hydrogen) atoms. The molecule has 2 heterocycles. The van der Waals surface area contributed by atoms with Gasteiger partial charge in [-0.1, -0.05) is 12.1 Å². The molecule has 1 aromatic heterocycles. The van der Waals surface area contributed by atoms with Gasteiger partial charge in [-0.05, 0) is 37.1 Å². The summed E-state index contributed by atoms with van der Waals surface area (Å²) in [7, 11) is 3.47. The highest BCUT2D eigenvalue weighted by Crippen LogP contribution is 2.34. The van der Waals surface area contributed by atoms with Gasteiger partial charge in [0.25, 0.3) is 5.91 Å². The quantitative estimate of drug-likeness (QED) is 0.943. The van der Waals surface area contributed by atoms with Crippen molar-refractivity contribution in [1.82, 2.24) is 20.0 Å². The number of benzene rings is 1. The molecule has 1 amide bonds. The minimum Gasteiger partial charge on any atom is -0.345 e. The second-order valence-electron chi connectivity index (χ2n) is 6.16. The lowest BCUT2D eigenvalue weighted by molar-refractivity contribution is 0.0824. The van der Waals surface area contributed by atoms with Gasteiger partial charge in [-0.25, -0.2) is 4.39 Å². The summed E-state index contributed by atoms with van der Waals surface area (Å²) in [6.07, 6.45) is 3.61. The predicted octanol–water partition coefficient (Wildman–Crippen LogP) is 2.59. The molecule has 3 rings (SSSR count). The Morgan fingerprint density at radius 2 is 2.30 bits per heavy atom. The summed E-state index contributed by atoms with van der Waals surface area (Å²) < 4.78 is 13.4. The van der Waals surface area contributed by atoms with Gasteiger partial charge < -0.3 is 4.90 Å². The van der Waals surface area contributed by atoms with Crippen molar-refractivity contribution in [2.45, 2.75) is 25.4 Å². The van der Waals surface area contributed by atoms with Gasteiger partial charge in [-0.3, -0.25) is 14.8 Å². The lowest BCUT2D eigenvalue weighted by Gasteiger charge is -2.24. The summed E-state index contributed by atoms with van der Waals surface area (Å²) >= 11 is 0. The van der Waals surface area contributed by atoms with E-state index in [0.717, 1.165) is 30.6 Å². The molecule has 1 unspecified atom stereocenters. The SMILES string of the molecule is CN(C)C(=O)c1cn[nH]c1C1CCCN1Cc1cccc(F)c1. The minimum atomic E-state index is -0.219. The van der Waals surface area contributed by atoms with E-state index in [9.17, 15) is 9.18 Å². The molecule has 1 aliphatic rings. The van der Waals surface area contributed by atoms with Crippen molar-refractivity contribution in [1.29, 1.82) is 0 Å². The molecule has 0 radical (unpaired) electrons. The van der Waals surface area contributed by atoms with Gasteiger partial charge >= 0.3 is 0 Å². The Morgan fingerprint density at radius 3 is 3.04 bits per heavy atom. The second-order valence-corrected chi connectivity index (χ2v) is 6.16. The van der Waals surface area contributed by atoms with E-state index in [1.54, 1.807) is 37.3 Å². The monoisotopic (exact) mass is 316 g/mol. The molecule has 1 aliphatic heterocycles. The van der Waals surface area contributed by atoms with Crippen LogP contribution in [0.4, 0.5) is 4.39 Å². The summed E-state index contributed by atoms with van der Waals surface area (Å²) in [6, 6.07) is 6.78. The van der Waals surface area contributed by atoms with Crippen LogP contribution in [0.25, 0.3) is 0 Å². The summed E-state index contributed by atoms with van der Waals surface area (Å²) in [5.74, 6) is -0.269. The Kier molecular flexibility index (Phi) is 4.43. The van der Waals surface area contributed by atoms with Crippen LogP contribution in [0.3, 0.4) is 0 Å². The van der Waals surface area contributed by atoms with Crippen molar-refractivity contribution in [3.8, 4) is 0 Å². The molecule has 0 bridgehead atoms. The molecule has 1 fully saturated rings. The maximum atomic E-state index is 13.4. The van der Waals surface area contributed by atoms with Gasteiger partial charge in [0.15, 0.2) is 0 Å². The number of amides is 1. The van der Waals surface area contributed by atoms with Gasteiger partial charge in [0.1, 0.15) is 5.82 Å². The van der Waals surface area contributed by atoms with E-state index in [4.69, 9.17) is 0 Å². The molecule has 0 spiro atoms. The van der Waals surface area contributed by atoms with Crippen LogP contribution in [-0.4, -0.2) is 46.5 Å². The van der Waals surface area contributed by atoms with E-state index < -0.39 is 0 Å². The fourth-order valence-corrected chi connectivity index (χ4v) is 3.17. The first-order valence-electron chi connectivity index (χ1n) is 7.79. The van der Waals surface area contributed by atoms with Gasteiger partial charge in [0.05, 0.1) is 23.5 Å². The van der Waals surface area contributed by atoms with Crippen molar-refractivity contribution in [2.75, 3.05) is 20.6 Å². The molecule has 1 N–H and O–H groups in total. The maximum Gasteiger partial charge on any atom is 0.256 e. The van der Waals surface area contributed by atoms with Crippen LogP contribution in [-0.2, 0) is 6.54 Å². The number of aromatic amines is 1. The summed E-state index contributed by atoms with van der Waals surface area (Å²) in [5.41, 5.74) is 2.42. The van der Waals surface area contributed by atoms with Crippen molar-refractivity contribution >= 4 is 5.91 Å². The fraction of sp³-hybridized carbons (Fsp3) is 0.412.